The fourth-order valence-electron chi connectivity index (χ4n) is 5.68. The summed E-state index contributed by atoms with van der Waals surface area (Å²) in [5.74, 6) is 1.56. The molecule has 2 N–H and O–H groups in total. The summed E-state index contributed by atoms with van der Waals surface area (Å²) in [4.78, 5) is 43.7. The molecule has 5 rings (SSSR count). The van der Waals surface area contributed by atoms with E-state index in [1.165, 1.54) is 6.42 Å². The number of piperazine rings is 1. The number of hydrogen-bond acceptors (Lipinski definition) is 7. The monoisotopic (exact) mass is 580 g/mol. The van der Waals surface area contributed by atoms with Crippen LogP contribution in [0.15, 0.2) is 49.1 Å². The summed E-state index contributed by atoms with van der Waals surface area (Å²) in [6.07, 6.45) is 10.7. The summed E-state index contributed by atoms with van der Waals surface area (Å²) in [6.45, 7) is 3.29. The number of nitrogens with one attached hydrogen (secondary N) is 2. The first-order valence-electron chi connectivity index (χ1n) is 14.2. The van der Waals surface area contributed by atoms with Crippen molar-refractivity contribution in [1.29, 1.82) is 0 Å². The maximum Gasteiger partial charge on any atom is 0.317 e. The molecule has 218 valence electrons. The molecule has 1 aliphatic carbocycles. The highest BCUT2D eigenvalue weighted by Gasteiger charge is 2.33. The molecular weight excluding hydrogens is 544 g/mol. The standard InChI is InChI=1S/C29H37ClN8O3/c1-20(23-10-6-7-11-24(23)41-2)32-27(39)16-22-18-36(29(40)33-21-8-4-3-5-9-21)14-15-38(22)26-17-25(30)34-28(35-26)37-13-12-31-19-37/h6-7,10-13,17,19-22H,3-5,8-9,14-16,18H2,1-2H3,(H,32,39)(H,33,40). The highest BCUT2D eigenvalue weighted by molar-refractivity contribution is 6.29. The number of ether oxygens (including phenoxy) is 1. The predicted octanol–water partition coefficient (Wildman–Crippen LogP) is 4.12. The molecule has 12 heteroatoms. The number of carbonyl (C=O) groups is 2. The van der Waals surface area contributed by atoms with Crippen LogP contribution in [0.4, 0.5) is 10.6 Å². The van der Waals surface area contributed by atoms with Gasteiger partial charge >= 0.3 is 6.03 Å². The molecule has 1 aliphatic heterocycles. The summed E-state index contributed by atoms with van der Waals surface area (Å²) >= 11 is 6.42. The van der Waals surface area contributed by atoms with E-state index in [2.05, 4.69) is 20.6 Å². The molecule has 2 aromatic heterocycles. The average molecular weight is 581 g/mol. The van der Waals surface area contributed by atoms with Crippen molar-refractivity contribution in [2.75, 3.05) is 31.6 Å². The molecule has 0 bridgehead atoms. The van der Waals surface area contributed by atoms with Gasteiger partial charge in [0.25, 0.3) is 0 Å². The zero-order valence-corrected chi connectivity index (χ0v) is 24.3. The first-order valence-corrected chi connectivity index (χ1v) is 14.6. The number of imidazole rings is 1. The van der Waals surface area contributed by atoms with E-state index in [1.54, 1.807) is 36.5 Å². The Kier molecular flexibility index (Phi) is 9.23. The van der Waals surface area contributed by atoms with Gasteiger partial charge in [0, 0.05) is 56.1 Å². The van der Waals surface area contributed by atoms with Crippen LogP contribution in [0.1, 0.15) is 57.1 Å². The Hall–Kier alpha value is -3.86. The Morgan fingerprint density at radius 2 is 1.95 bits per heavy atom. The van der Waals surface area contributed by atoms with E-state index in [0.29, 0.717) is 37.1 Å². The quantitative estimate of drug-likeness (QED) is 0.385. The molecule has 2 atom stereocenters. The molecule has 3 amide bonds. The normalized spacial score (nSPS) is 18.6. The Bertz CT molecular complexity index is 1330. The summed E-state index contributed by atoms with van der Waals surface area (Å²) in [5.41, 5.74) is 0.893. The first-order chi connectivity index (χ1) is 19.9. The number of amides is 3. The van der Waals surface area contributed by atoms with Gasteiger partial charge in [-0.05, 0) is 25.8 Å². The zero-order chi connectivity index (χ0) is 28.8. The lowest BCUT2D eigenvalue weighted by atomic mass is 9.96. The van der Waals surface area contributed by atoms with Crippen LogP contribution in [-0.2, 0) is 4.79 Å². The third-order valence-corrected chi connectivity index (χ3v) is 8.00. The molecule has 3 aromatic rings. The number of nitrogens with zero attached hydrogens (tertiary/aromatic N) is 6. The maximum atomic E-state index is 13.4. The molecule has 0 spiro atoms. The van der Waals surface area contributed by atoms with Crippen molar-refractivity contribution in [2.24, 2.45) is 0 Å². The number of carbonyl (C=O) groups excluding carboxylic acids is 2. The second-order valence-electron chi connectivity index (χ2n) is 10.6. The van der Waals surface area contributed by atoms with Gasteiger partial charge in [0.15, 0.2) is 0 Å². The SMILES string of the molecule is COc1ccccc1C(C)NC(=O)CC1CN(C(=O)NC2CCCCC2)CCN1c1cc(Cl)nc(-n2ccnc2)n1. The average Bonchev–Trinajstić information content (AvgIpc) is 3.52. The third-order valence-electron chi connectivity index (χ3n) is 7.81. The largest absolute Gasteiger partial charge is 0.496 e. The molecule has 2 aliphatic rings. The van der Waals surface area contributed by atoms with Crippen molar-refractivity contribution in [2.45, 2.75) is 63.6 Å². The van der Waals surface area contributed by atoms with Crippen molar-refractivity contribution >= 4 is 29.4 Å². The summed E-state index contributed by atoms with van der Waals surface area (Å²) in [7, 11) is 1.62. The minimum Gasteiger partial charge on any atom is -0.496 e. The Balaban J connectivity index is 1.35. The second kappa shape index (κ2) is 13.2. The Labute approximate surface area is 245 Å². The predicted molar refractivity (Wildman–Crippen MR) is 156 cm³/mol. The molecule has 1 aromatic carbocycles. The number of aromatic nitrogens is 4. The van der Waals surface area contributed by atoms with Gasteiger partial charge in [-0.25, -0.2) is 14.8 Å². The van der Waals surface area contributed by atoms with Crippen molar-refractivity contribution in [3.63, 3.8) is 0 Å². The number of benzene rings is 1. The van der Waals surface area contributed by atoms with Gasteiger partial charge in [-0.3, -0.25) is 9.36 Å². The number of para-hydroxylation sites is 1. The molecular formula is C29H37ClN8O3. The van der Waals surface area contributed by atoms with Crippen molar-refractivity contribution < 1.29 is 14.3 Å². The number of halogens is 1. The van der Waals surface area contributed by atoms with Gasteiger partial charge in [-0.1, -0.05) is 49.1 Å². The highest BCUT2D eigenvalue weighted by Crippen LogP contribution is 2.27. The Morgan fingerprint density at radius 3 is 2.71 bits per heavy atom. The van der Waals surface area contributed by atoms with Gasteiger partial charge in [0.1, 0.15) is 23.0 Å². The van der Waals surface area contributed by atoms with Crippen LogP contribution >= 0.6 is 11.6 Å². The van der Waals surface area contributed by atoms with Crippen LogP contribution in [-0.4, -0.2) is 75.2 Å². The summed E-state index contributed by atoms with van der Waals surface area (Å²) < 4.78 is 7.17. The van der Waals surface area contributed by atoms with E-state index < -0.39 is 0 Å². The van der Waals surface area contributed by atoms with E-state index in [-0.39, 0.29) is 41.6 Å². The van der Waals surface area contributed by atoms with Crippen LogP contribution in [0, 0.1) is 0 Å². The highest BCUT2D eigenvalue weighted by atomic mass is 35.5. The van der Waals surface area contributed by atoms with Gasteiger partial charge in [-0.15, -0.1) is 0 Å². The second-order valence-corrected chi connectivity index (χ2v) is 11.0. The molecule has 2 unspecified atom stereocenters. The fraction of sp³-hybridized carbons (Fsp3) is 0.483. The van der Waals surface area contributed by atoms with Gasteiger partial charge in [0.05, 0.1) is 19.2 Å². The van der Waals surface area contributed by atoms with E-state index in [0.717, 1.165) is 31.2 Å². The number of rotatable bonds is 8. The van der Waals surface area contributed by atoms with Crippen molar-refractivity contribution in [3.8, 4) is 11.7 Å². The van der Waals surface area contributed by atoms with Crippen LogP contribution < -0.4 is 20.3 Å². The van der Waals surface area contributed by atoms with Gasteiger partial charge in [0.2, 0.25) is 11.9 Å². The van der Waals surface area contributed by atoms with Crippen LogP contribution in [0.3, 0.4) is 0 Å². The van der Waals surface area contributed by atoms with E-state index in [1.807, 2.05) is 41.0 Å². The van der Waals surface area contributed by atoms with E-state index in [9.17, 15) is 9.59 Å². The van der Waals surface area contributed by atoms with E-state index >= 15 is 0 Å². The van der Waals surface area contributed by atoms with E-state index in [4.69, 9.17) is 21.3 Å². The zero-order valence-electron chi connectivity index (χ0n) is 23.5. The van der Waals surface area contributed by atoms with Crippen molar-refractivity contribution in [1.82, 2.24) is 35.1 Å². The lowest BCUT2D eigenvalue weighted by molar-refractivity contribution is -0.122. The number of anilines is 1. The summed E-state index contributed by atoms with van der Waals surface area (Å²) in [6, 6.07) is 8.87. The lowest BCUT2D eigenvalue weighted by Crippen LogP contribution is -2.59. The smallest absolute Gasteiger partial charge is 0.317 e. The molecule has 2 fully saturated rings. The molecule has 11 nitrogen and oxygen atoms in total. The topological polar surface area (TPSA) is 118 Å². The van der Waals surface area contributed by atoms with Gasteiger partial charge in [-0.2, -0.15) is 4.98 Å². The molecule has 1 saturated heterocycles. The number of urea groups is 1. The number of methoxy groups -OCH3 is 1. The van der Waals surface area contributed by atoms with Crippen molar-refractivity contribution in [3.05, 3.63) is 59.8 Å². The molecule has 3 heterocycles. The lowest BCUT2D eigenvalue weighted by Gasteiger charge is -2.42. The first kappa shape index (κ1) is 28.7. The minimum absolute atomic E-state index is 0.0795. The van der Waals surface area contributed by atoms with Crippen LogP contribution in [0.5, 0.6) is 5.75 Å². The maximum absolute atomic E-state index is 13.4. The summed E-state index contributed by atoms with van der Waals surface area (Å²) in [5, 5.41) is 6.61. The molecule has 1 saturated carbocycles. The fourth-order valence-corrected chi connectivity index (χ4v) is 5.85. The van der Waals surface area contributed by atoms with Gasteiger partial charge < -0.3 is 25.2 Å². The minimum atomic E-state index is -0.327. The third kappa shape index (κ3) is 7.08. The molecule has 0 radical (unpaired) electrons. The number of hydrogen-bond donors (Lipinski definition) is 2. The van der Waals surface area contributed by atoms with Crippen LogP contribution in [0.2, 0.25) is 5.15 Å². The van der Waals surface area contributed by atoms with Crippen LogP contribution in [0.25, 0.3) is 5.95 Å². The molecule has 41 heavy (non-hydrogen) atoms. The Morgan fingerprint density at radius 1 is 1.15 bits per heavy atom.